The van der Waals surface area contributed by atoms with Crippen LogP contribution in [0.4, 0.5) is 51.2 Å². The molecule has 0 aliphatic carbocycles. The Kier molecular flexibility index (Phi) is 28.2. The molecule has 0 saturated carbocycles. The fourth-order valence-corrected chi connectivity index (χ4v) is 19.8. The van der Waals surface area contributed by atoms with Crippen LogP contribution < -0.4 is 14.7 Å². The van der Waals surface area contributed by atoms with Gasteiger partial charge in [-0.15, -0.1) is 0 Å². The average molecular weight is 1880 g/mol. The third-order valence-corrected chi connectivity index (χ3v) is 27.4. The SMILES string of the molecule is c1ccc(-c2ccc(-c3ccccc3-c3ccc(N(c4ccc(-c5ccccc5)cc4)c4ccc(-c5ccccc5)cc4)cc3)cc2)cc1.c1ccc(-c2ccc(N(c3ccc(-c4ccccc4)cc3)c3ccc(-c4ccccc4-c4cccc(-c5ccccc5)c4)cc3)cc2)cc1.c1ccc(-c2ccc(N(c3ccc(-c4ccccc4)cc3)c3ccc(-c4ccccc4-c4ccccc4-c4ccccc4)cc3)cc2)cc1. The molecule has 0 saturated heterocycles. The zero-order chi connectivity index (χ0) is 98.5. The van der Waals surface area contributed by atoms with Crippen LogP contribution in [0.5, 0.6) is 0 Å². The van der Waals surface area contributed by atoms with E-state index in [9.17, 15) is 0 Å². The van der Waals surface area contributed by atoms with Gasteiger partial charge in [0.1, 0.15) is 0 Å². The monoisotopic (exact) mass is 1880 g/mol. The molecule has 696 valence electrons. The van der Waals surface area contributed by atoms with Gasteiger partial charge >= 0.3 is 0 Å². The van der Waals surface area contributed by atoms with E-state index in [4.69, 9.17) is 0 Å². The maximum atomic E-state index is 2.34. The van der Waals surface area contributed by atoms with Crippen LogP contribution in [0.2, 0.25) is 0 Å². The average Bonchev–Trinajstić information content (AvgIpc) is 0.820. The van der Waals surface area contributed by atoms with Crippen LogP contribution in [0.15, 0.2) is 637 Å². The van der Waals surface area contributed by atoms with Gasteiger partial charge in [-0.05, 0) is 282 Å². The summed E-state index contributed by atoms with van der Waals surface area (Å²) in [6.07, 6.45) is 0. The smallest absolute Gasteiger partial charge is 0.0462 e. The van der Waals surface area contributed by atoms with Gasteiger partial charge < -0.3 is 14.7 Å². The molecule has 0 unspecified atom stereocenters. The molecule has 3 nitrogen and oxygen atoms in total. The van der Waals surface area contributed by atoms with E-state index in [1.165, 1.54) is 167 Å². The number of benzene rings is 24. The van der Waals surface area contributed by atoms with E-state index in [1.807, 2.05) is 0 Å². The van der Waals surface area contributed by atoms with Crippen molar-refractivity contribution in [3.63, 3.8) is 0 Å². The molecule has 0 spiro atoms. The molecule has 0 aliphatic rings. The number of rotatable bonds is 24. The van der Waals surface area contributed by atoms with E-state index in [0.29, 0.717) is 0 Å². The molecular weight excluding hydrogens is 1770 g/mol. The van der Waals surface area contributed by atoms with Gasteiger partial charge in [-0.3, -0.25) is 0 Å². The van der Waals surface area contributed by atoms with Crippen molar-refractivity contribution in [1.82, 2.24) is 0 Å². The molecule has 0 bridgehead atoms. The highest BCUT2D eigenvalue weighted by Gasteiger charge is 2.22. The lowest BCUT2D eigenvalue weighted by molar-refractivity contribution is 1.28. The fourth-order valence-electron chi connectivity index (χ4n) is 19.8. The van der Waals surface area contributed by atoms with Crippen LogP contribution in [0.3, 0.4) is 0 Å². The van der Waals surface area contributed by atoms with Crippen LogP contribution in [-0.2, 0) is 0 Å². The molecule has 0 N–H and O–H groups in total. The summed E-state index contributed by atoms with van der Waals surface area (Å²) in [5.41, 5.74) is 46.3. The zero-order valence-corrected chi connectivity index (χ0v) is 81.5. The second kappa shape index (κ2) is 44.7. The molecule has 24 aromatic rings. The minimum atomic E-state index is 1.10. The summed E-state index contributed by atoms with van der Waals surface area (Å²) in [6, 6.07) is 228. The molecule has 24 aromatic carbocycles. The van der Waals surface area contributed by atoms with Crippen LogP contribution >= 0.6 is 0 Å². The lowest BCUT2D eigenvalue weighted by atomic mass is 9.89. The molecule has 0 aliphatic heterocycles. The number of nitrogens with zero attached hydrogens (tertiary/aromatic N) is 3. The van der Waals surface area contributed by atoms with E-state index < -0.39 is 0 Å². The molecule has 0 heterocycles. The first-order valence-electron chi connectivity index (χ1n) is 50.3. The lowest BCUT2D eigenvalue weighted by Crippen LogP contribution is -2.09. The molecule has 0 radical (unpaired) electrons. The van der Waals surface area contributed by atoms with Crippen molar-refractivity contribution in [3.05, 3.63) is 637 Å². The Bertz CT molecular complexity index is 8150. The van der Waals surface area contributed by atoms with E-state index in [-0.39, 0.29) is 0 Å². The Morgan fingerprint density at radius 1 is 0.0680 bits per heavy atom. The molecule has 0 amide bonds. The van der Waals surface area contributed by atoms with Crippen LogP contribution in [0.25, 0.3) is 167 Å². The largest absolute Gasteiger partial charge is 0.311 e. The molecular formula is C144H105N3. The van der Waals surface area contributed by atoms with Gasteiger partial charge in [0.25, 0.3) is 0 Å². The first-order valence-corrected chi connectivity index (χ1v) is 50.3. The minimum absolute atomic E-state index is 1.10. The number of anilines is 9. The Morgan fingerprint density at radius 2 is 0.177 bits per heavy atom. The lowest BCUT2D eigenvalue weighted by Gasteiger charge is -2.26. The van der Waals surface area contributed by atoms with Gasteiger partial charge in [0.2, 0.25) is 0 Å². The van der Waals surface area contributed by atoms with Gasteiger partial charge in [0, 0.05) is 51.2 Å². The van der Waals surface area contributed by atoms with Crippen molar-refractivity contribution in [1.29, 1.82) is 0 Å². The number of hydrogen-bond acceptors (Lipinski definition) is 3. The molecule has 147 heavy (non-hydrogen) atoms. The Labute approximate surface area is 863 Å². The molecule has 0 atom stereocenters. The Hall–Kier alpha value is -19.3. The standard InChI is InChI=1S/3C48H35N/c1-4-14-36(15-5-1)38-24-30-42(31-25-38)49(43-32-26-39(27-33-43)37-16-6-2-7-17-37)44-34-28-41(29-35-44)46-21-11-13-23-48(46)47-22-12-10-20-45(47)40-18-8-3-9-19-40;1-4-13-36(14-5-1)39-23-29-44(30-24-39)49(45-31-25-40(26-32-45)37-15-6-2-7-16-37)46-33-27-41(28-34-46)47-21-10-11-22-48(47)43-20-12-19-42(35-43)38-17-8-3-9-18-38;1-4-12-36(13-5-1)39-20-22-42(23-21-39)47-18-10-11-19-48(47)43-28-34-46(35-29-43)49(44-30-24-40(25-31-44)37-14-6-2-7-15-37)45-32-26-41(27-33-45)38-16-8-3-9-17-38/h3*1-35H. The van der Waals surface area contributed by atoms with Crippen LogP contribution in [-0.4, -0.2) is 0 Å². The summed E-state index contributed by atoms with van der Waals surface area (Å²) < 4.78 is 0. The van der Waals surface area contributed by atoms with Gasteiger partial charge in [-0.25, -0.2) is 0 Å². The van der Waals surface area contributed by atoms with Gasteiger partial charge in [0.15, 0.2) is 0 Å². The summed E-state index contributed by atoms with van der Waals surface area (Å²) in [6.45, 7) is 0. The van der Waals surface area contributed by atoms with Gasteiger partial charge in [-0.1, -0.05) is 522 Å². The van der Waals surface area contributed by atoms with Gasteiger partial charge in [0.05, 0.1) is 0 Å². The summed E-state index contributed by atoms with van der Waals surface area (Å²) in [5, 5.41) is 0. The van der Waals surface area contributed by atoms with Gasteiger partial charge in [-0.2, -0.15) is 0 Å². The van der Waals surface area contributed by atoms with Crippen molar-refractivity contribution in [2.24, 2.45) is 0 Å². The van der Waals surface area contributed by atoms with Crippen LogP contribution in [0, 0.1) is 0 Å². The highest BCUT2D eigenvalue weighted by molar-refractivity contribution is 5.95. The van der Waals surface area contributed by atoms with Crippen molar-refractivity contribution < 1.29 is 0 Å². The molecule has 0 aromatic heterocycles. The maximum absolute atomic E-state index is 2.34. The minimum Gasteiger partial charge on any atom is -0.311 e. The fraction of sp³-hybridized carbons (Fsp3) is 0. The molecule has 0 fully saturated rings. The molecule has 3 heteroatoms. The van der Waals surface area contributed by atoms with Crippen molar-refractivity contribution in [3.8, 4) is 167 Å². The quantitative estimate of drug-likeness (QED) is 0.0597. The maximum Gasteiger partial charge on any atom is 0.0462 e. The second-order valence-electron chi connectivity index (χ2n) is 36.6. The number of hydrogen-bond donors (Lipinski definition) is 0. The summed E-state index contributed by atoms with van der Waals surface area (Å²) in [4.78, 5) is 7.01. The van der Waals surface area contributed by atoms with E-state index >= 15 is 0 Å². The predicted molar refractivity (Wildman–Crippen MR) is 625 cm³/mol. The zero-order valence-electron chi connectivity index (χ0n) is 81.5. The molecule has 24 rings (SSSR count). The third kappa shape index (κ3) is 21.5. The second-order valence-corrected chi connectivity index (χ2v) is 36.6. The third-order valence-electron chi connectivity index (χ3n) is 27.4. The Morgan fingerprint density at radius 3 is 0.374 bits per heavy atom. The normalized spacial score (nSPS) is 10.9. The first kappa shape index (κ1) is 92.7. The predicted octanol–water partition coefficient (Wildman–Crippen LogP) is 40.5. The van der Waals surface area contributed by atoms with Crippen molar-refractivity contribution >= 4 is 51.2 Å². The van der Waals surface area contributed by atoms with E-state index in [1.54, 1.807) is 0 Å². The summed E-state index contributed by atoms with van der Waals surface area (Å²) in [5.74, 6) is 0. The van der Waals surface area contributed by atoms with E-state index in [2.05, 4.69) is 652 Å². The Balaban J connectivity index is 0.000000125. The van der Waals surface area contributed by atoms with Crippen molar-refractivity contribution in [2.75, 3.05) is 14.7 Å². The highest BCUT2D eigenvalue weighted by Crippen LogP contribution is 2.47. The summed E-state index contributed by atoms with van der Waals surface area (Å²) in [7, 11) is 0. The first-order chi connectivity index (χ1) is 72.9. The topological polar surface area (TPSA) is 9.72 Å². The summed E-state index contributed by atoms with van der Waals surface area (Å²) >= 11 is 0. The van der Waals surface area contributed by atoms with Crippen molar-refractivity contribution in [2.45, 2.75) is 0 Å². The highest BCUT2D eigenvalue weighted by atomic mass is 15.2. The van der Waals surface area contributed by atoms with Crippen LogP contribution in [0.1, 0.15) is 0 Å². The van der Waals surface area contributed by atoms with E-state index in [0.717, 1.165) is 51.2 Å².